The molecule has 0 saturated carbocycles. The van der Waals surface area contributed by atoms with E-state index in [4.69, 9.17) is 10.3 Å². The summed E-state index contributed by atoms with van der Waals surface area (Å²) in [5, 5.41) is 0. The van der Waals surface area contributed by atoms with Gasteiger partial charge in [-0.15, -0.1) is 0 Å². The van der Waals surface area contributed by atoms with Gasteiger partial charge in [-0.05, 0) is 46.4 Å². The highest BCUT2D eigenvalue weighted by molar-refractivity contribution is 14.1. The van der Waals surface area contributed by atoms with Gasteiger partial charge in [-0.25, -0.2) is 5.43 Å². The summed E-state index contributed by atoms with van der Waals surface area (Å²) in [5.41, 5.74) is 4.93. The average Bonchev–Trinajstić information content (AvgIpc) is 2.75. The van der Waals surface area contributed by atoms with Crippen molar-refractivity contribution in [3.8, 4) is 0 Å². The van der Waals surface area contributed by atoms with Crippen LogP contribution >= 0.6 is 22.6 Å². The molecule has 0 saturated heterocycles. The minimum Gasteiger partial charge on any atom is -0.472 e. The molecular formula is C11H11IN2O. The Bertz CT molecular complexity index is 411. The van der Waals surface area contributed by atoms with Crippen molar-refractivity contribution in [3.63, 3.8) is 0 Å². The molecule has 0 aliphatic heterocycles. The van der Waals surface area contributed by atoms with Gasteiger partial charge in [-0.1, -0.05) is 12.1 Å². The van der Waals surface area contributed by atoms with Crippen LogP contribution in [0.1, 0.15) is 17.2 Å². The largest absolute Gasteiger partial charge is 0.472 e. The van der Waals surface area contributed by atoms with Crippen LogP contribution in [-0.2, 0) is 0 Å². The fourth-order valence-electron chi connectivity index (χ4n) is 1.48. The number of hydrogen-bond donors (Lipinski definition) is 2. The molecule has 2 aromatic rings. The van der Waals surface area contributed by atoms with E-state index in [2.05, 4.69) is 52.3 Å². The smallest absolute Gasteiger partial charge is 0.0954 e. The maximum atomic E-state index is 5.54. The van der Waals surface area contributed by atoms with Crippen LogP contribution in [0, 0.1) is 3.57 Å². The van der Waals surface area contributed by atoms with Crippen molar-refractivity contribution in [2.24, 2.45) is 5.84 Å². The Kier molecular flexibility index (Phi) is 3.40. The van der Waals surface area contributed by atoms with Gasteiger partial charge in [0.2, 0.25) is 0 Å². The standard InChI is InChI=1S/C11H11IN2O/c12-10-3-1-8(2-4-10)11(14-13)9-5-6-15-7-9/h1-7,11,14H,13H2. The van der Waals surface area contributed by atoms with Gasteiger partial charge >= 0.3 is 0 Å². The van der Waals surface area contributed by atoms with Crippen molar-refractivity contribution in [1.29, 1.82) is 0 Å². The van der Waals surface area contributed by atoms with Crippen molar-refractivity contribution < 1.29 is 4.42 Å². The molecule has 1 atom stereocenters. The zero-order valence-electron chi connectivity index (χ0n) is 7.98. The second kappa shape index (κ2) is 4.78. The molecule has 0 aliphatic rings. The minimum absolute atomic E-state index is 0.0132. The first-order valence-electron chi connectivity index (χ1n) is 4.55. The normalized spacial score (nSPS) is 12.7. The first-order valence-corrected chi connectivity index (χ1v) is 5.63. The molecule has 0 bridgehead atoms. The highest BCUT2D eigenvalue weighted by atomic mass is 127. The van der Waals surface area contributed by atoms with Crippen LogP contribution in [0.4, 0.5) is 0 Å². The summed E-state index contributed by atoms with van der Waals surface area (Å²) in [6, 6.07) is 10.1. The molecule has 0 aliphatic carbocycles. The molecule has 1 unspecified atom stereocenters. The molecule has 3 nitrogen and oxygen atoms in total. The van der Waals surface area contributed by atoms with Crippen molar-refractivity contribution in [3.05, 3.63) is 57.6 Å². The zero-order valence-corrected chi connectivity index (χ0v) is 10.1. The van der Waals surface area contributed by atoms with Gasteiger partial charge < -0.3 is 4.42 Å². The maximum absolute atomic E-state index is 5.54. The van der Waals surface area contributed by atoms with Crippen molar-refractivity contribution in [1.82, 2.24) is 5.43 Å². The van der Waals surface area contributed by atoms with Crippen molar-refractivity contribution in [2.75, 3.05) is 0 Å². The minimum atomic E-state index is -0.0132. The third-order valence-electron chi connectivity index (χ3n) is 2.25. The van der Waals surface area contributed by atoms with Crippen LogP contribution < -0.4 is 11.3 Å². The fraction of sp³-hybridized carbons (Fsp3) is 0.0909. The molecule has 1 aromatic carbocycles. The predicted molar refractivity (Wildman–Crippen MR) is 67.0 cm³/mol. The van der Waals surface area contributed by atoms with E-state index in [-0.39, 0.29) is 6.04 Å². The van der Waals surface area contributed by atoms with Crippen LogP contribution in [0.2, 0.25) is 0 Å². The van der Waals surface area contributed by atoms with E-state index in [0.717, 1.165) is 11.1 Å². The van der Waals surface area contributed by atoms with Gasteiger partial charge in [0.1, 0.15) is 0 Å². The Balaban J connectivity index is 2.31. The summed E-state index contributed by atoms with van der Waals surface area (Å²) in [5.74, 6) is 5.54. The number of nitrogens with one attached hydrogen (secondary N) is 1. The summed E-state index contributed by atoms with van der Waals surface area (Å²) < 4.78 is 6.25. The van der Waals surface area contributed by atoms with E-state index in [1.165, 1.54) is 3.57 Å². The lowest BCUT2D eigenvalue weighted by atomic mass is 10.0. The molecular weight excluding hydrogens is 303 g/mol. The molecule has 0 spiro atoms. The first kappa shape index (κ1) is 10.7. The second-order valence-electron chi connectivity index (χ2n) is 3.21. The molecule has 78 valence electrons. The number of furan rings is 1. The lowest BCUT2D eigenvalue weighted by Gasteiger charge is -2.14. The topological polar surface area (TPSA) is 51.2 Å². The third kappa shape index (κ3) is 2.39. The third-order valence-corrected chi connectivity index (χ3v) is 2.97. The molecule has 3 N–H and O–H groups in total. The Morgan fingerprint density at radius 3 is 2.40 bits per heavy atom. The summed E-state index contributed by atoms with van der Waals surface area (Å²) in [7, 11) is 0. The number of benzene rings is 1. The predicted octanol–water partition coefficient (Wildman–Crippen LogP) is 2.44. The number of rotatable bonds is 3. The van der Waals surface area contributed by atoms with E-state index in [1.807, 2.05) is 6.07 Å². The Morgan fingerprint density at radius 1 is 1.13 bits per heavy atom. The van der Waals surface area contributed by atoms with E-state index < -0.39 is 0 Å². The first-order chi connectivity index (χ1) is 7.31. The van der Waals surface area contributed by atoms with Crippen LogP contribution in [0.15, 0.2) is 47.3 Å². The SMILES string of the molecule is NNC(c1ccc(I)cc1)c1ccoc1. The number of nitrogens with two attached hydrogens (primary N) is 1. The van der Waals surface area contributed by atoms with Gasteiger partial charge in [-0.2, -0.15) is 0 Å². The summed E-state index contributed by atoms with van der Waals surface area (Å²) in [6.07, 6.45) is 3.34. The van der Waals surface area contributed by atoms with Gasteiger partial charge in [0, 0.05) is 9.13 Å². The summed E-state index contributed by atoms with van der Waals surface area (Å²) in [4.78, 5) is 0. The second-order valence-corrected chi connectivity index (χ2v) is 4.45. The molecule has 0 amide bonds. The molecule has 1 aromatic heterocycles. The van der Waals surface area contributed by atoms with E-state index >= 15 is 0 Å². The molecule has 4 heteroatoms. The Labute approximate surface area is 102 Å². The van der Waals surface area contributed by atoms with Gasteiger partial charge in [0.05, 0.1) is 18.6 Å². The van der Waals surface area contributed by atoms with Crippen molar-refractivity contribution in [2.45, 2.75) is 6.04 Å². The molecule has 0 fully saturated rings. The fourth-order valence-corrected chi connectivity index (χ4v) is 1.84. The molecule has 15 heavy (non-hydrogen) atoms. The molecule has 2 rings (SSSR count). The number of hydrazine groups is 1. The lowest BCUT2D eigenvalue weighted by molar-refractivity contribution is 0.553. The molecule has 0 radical (unpaired) electrons. The van der Waals surface area contributed by atoms with Crippen LogP contribution in [0.5, 0.6) is 0 Å². The number of halogens is 1. The summed E-state index contributed by atoms with van der Waals surface area (Å²) >= 11 is 2.28. The quantitative estimate of drug-likeness (QED) is 0.520. The monoisotopic (exact) mass is 314 g/mol. The van der Waals surface area contributed by atoms with Crippen LogP contribution in [0.3, 0.4) is 0 Å². The Hall–Kier alpha value is -0.850. The lowest BCUT2D eigenvalue weighted by Crippen LogP contribution is -2.28. The average molecular weight is 314 g/mol. The van der Waals surface area contributed by atoms with Crippen LogP contribution in [-0.4, -0.2) is 0 Å². The van der Waals surface area contributed by atoms with Crippen LogP contribution in [0.25, 0.3) is 0 Å². The molecule has 1 heterocycles. The van der Waals surface area contributed by atoms with E-state index in [0.29, 0.717) is 0 Å². The van der Waals surface area contributed by atoms with Gasteiger partial charge in [-0.3, -0.25) is 5.84 Å². The van der Waals surface area contributed by atoms with E-state index in [9.17, 15) is 0 Å². The van der Waals surface area contributed by atoms with Gasteiger partial charge in [0.15, 0.2) is 0 Å². The summed E-state index contributed by atoms with van der Waals surface area (Å²) in [6.45, 7) is 0. The maximum Gasteiger partial charge on any atom is 0.0954 e. The highest BCUT2D eigenvalue weighted by Crippen LogP contribution is 2.22. The number of hydrogen-bond acceptors (Lipinski definition) is 3. The zero-order chi connectivity index (χ0) is 10.7. The highest BCUT2D eigenvalue weighted by Gasteiger charge is 2.12. The van der Waals surface area contributed by atoms with Gasteiger partial charge in [0.25, 0.3) is 0 Å². The van der Waals surface area contributed by atoms with Crippen molar-refractivity contribution >= 4 is 22.6 Å². The van der Waals surface area contributed by atoms with E-state index in [1.54, 1.807) is 12.5 Å². The Morgan fingerprint density at radius 2 is 1.87 bits per heavy atom.